The molecule has 2 aromatic carbocycles. The molecular weight excluding hydrogens is 408 g/mol. The van der Waals surface area contributed by atoms with Crippen molar-refractivity contribution in [2.75, 3.05) is 13.1 Å². The summed E-state index contributed by atoms with van der Waals surface area (Å²) in [6.45, 7) is 7.46. The van der Waals surface area contributed by atoms with Gasteiger partial charge in [-0.3, -0.25) is 9.59 Å². The van der Waals surface area contributed by atoms with Crippen LogP contribution in [0.15, 0.2) is 48.5 Å². The third-order valence-corrected chi connectivity index (χ3v) is 6.41. The molecular formula is C26H33ClN2O2. The van der Waals surface area contributed by atoms with E-state index < -0.39 is 6.04 Å². The standard InChI is InChI=1S/C26H33ClN2O2/c1-18(2)25(28-24(30)13-8-20-6-4-19(3)5-7-20)26(31)29-16-14-22(15-17-29)21-9-11-23(27)12-10-21/h4-7,9-12,18,22,25H,8,13-17H2,1-3H3,(H,28,30)/t25-/m1/s1. The zero-order chi connectivity index (χ0) is 22.4. The number of nitrogens with one attached hydrogen (secondary N) is 1. The van der Waals surface area contributed by atoms with Crippen LogP contribution < -0.4 is 5.32 Å². The Morgan fingerprint density at radius 2 is 1.65 bits per heavy atom. The van der Waals surface area contributed by atoms with Crippen molar-refractivity contribution >= 4 is 23.4 Å². The number of likely N-dealkylation sites (tertiary alicyclic amines) is 1. The number of benzene rings is 2. The van der Waals surface area contributed by atoms with Crippen LogP contribution >= 0.6 is 11.6 Å². The van der Waals surface area contributed by atoms with Gasteiger partial charge in [0.1, 0.15) is 6.04 Å². The van der Waals surface area contributed by atoms with E-state index in [-0.39, 0.29) is 17.7 Å². The maximum atomic E-state index is 13.2. The lowest BCUT2D eigenvalue weighted by molar-refractivity contribution is -0.138. The third kappa shape index (κ3) is 6.57. The molecule has 1 heterocycles. The van der Waals surface area contributed by atoms with E-state index in [0.29, 0.717) is 31.8 Å². The molecule has 1 aliphatic heterocycles. The van der Waals surface area contributed by atoms with Gasteiger partial charge in [-0.25, -0.2) is 0 Å². The highest BCUT2D eigenvalue weighted by Crippen LogP contribution is 2.29. The van der Waals surface area contributed by atoms with Crippen molar-refractivity contribution in [3.63, 3.8) is 0 Å². The molecule has 0 aliphatic carbocycles. The number of piperidine rings is 1. The van der Waals surface area contributed by atoms with Gasteiger partial charge >= 0.3 is 0 Å². The van der Waals surface area contributed by atoms with E-state index in [2.05, 4.69) is 41.7 Å². The van der Waals surface area contributed by atoms with Gasteiger partial charge in [0.25, 0.3) is 0 Å². The van der Waals surface area contributed by atoms with Crippen molar-refractivity contribution < 1.29 is 9.59 Å². The Kier molecular flexibility index (Phi) is 8.14. The van der Waals surface area contributed by atoms with Crippen LogP contribution in [-0.4, -0.2) is 35.8 Å². The Morgan fingerprint density at radius 1 is 1.03 bits per heavy atom. The van der Waals surface area contributed by atoms with E-state index in [1.807, 2.05) is 37.8 Å². The zero-order valence-electron chi connectivity index (χ0n) is 18.7. The van der Waals surface area contributed by atoms with E-state index in [9.17, 15) is 9.59 Å². The van der Waals surface area contributed by atoms with Crippen molar-refractivity contribution in [3.8, 4) is 0 Å². The zero-order valence-corrected chi connectivity index (χ0v) is 19.5. The average Bonchev–Trinajstić information content (AvgIpc) is 2.77. The van der Waals surface area contributed by atoms with Crippen LogP contribution in [0, 0.1) is 12.8 Å². The summed E-state index contributed by atoms with van der Waals surface area (Å²) in [5.74, 6) is 0.463. The topological polar surface area (TPSA) is 49.4 Å². The van der Waals surface area contributed by atoms with Gasteiger partial charge < -0.3 is 10.2 Å². The van der Waals surface area contributed by atoms with Crippen LogP contribution in [0.2, 0.25) is 5.02 Å². The second-order valence-electron chi connectivity index (χ2n) is 8.93. The first kappa shape index (κ1) is 23.3. The lowest BCUT2D eigenvalue weighted by Gasteiger charge is -2.35. The summed E-state index contributed by atoms with van der Waals surface area (Å²) in [4.78, 5) is 27.6. The molecule has 0 spiro atoms. The molecule has 2 amide bonds. The molecule has 0 unspecified atom stereocenters. The minimum absolute atomic E-state index is 0.0354. The van der Waals surface area contributed by atoms with Crippen molar-refractivity contribution in [2.24, 2.45) is 5.92 Å². The lowest BCUT2D eigenvalue weighted by atomic mass is 9.89. The smallest absolute Gasteiger partial charge is 0.245 e. The number of aryl methyl sites for hydroxylation is 2. The normalized spacial score (nSPS) is 15.7. The van der Waals surface area contributed by atoms with E-state index in [1.165, 1.54) is 11.1 Å². The molecule has 4 nitrogen and oxygen atoms in total. The van der Waals surface area contributed by atoms with E-state index in [1.54, 1.807) is 0 Å². The monoisotopic (exact) mass is 440 g/mol. The van der Waals surface area contributed by atoms with Gasteiger partial charge in [0.15, 0.2) is 0 Å². The van der Waals surface area contributed by atoms with Crippen LogP contribution in [0.3, 0.4) is 0 Å². The highest BCUT2D eigenvalue weighted by Gasteiger charge is 2.31. The second-order valence-corrected chi connectivity index (χ2v) is 9.36. The first-order chi connectivity index (χ1) is 14.8. The molecule has 31 heavy (non-hydrogen) atoms. The number of carbonyl (C=O) groups is 2. The number of carbonyl (C=O) groups excluding carboxylic acids is 2. The molecule has 5 heteroatoms. The fraction of sp³-hybridized carbons (Fsp3) is 0.462. The number of hydrogen-bond acceptors (Lipinski definition) is 2. The molecule has 1 N–H and O–H groups in total. The molecule has 0 bridgehead atoms. The lowest BCUT2D eigenvalue weighted by Crippen LogP contribution is -2.52. The average molecular weight is 441 g/mol. The number of hydrogen-bond donors (Lipinski definition) is 1. The van der Waals surface area contributed by atoms with Crippen molar-refractivity contribution in [1.82, 2.24) is 10.2 Å². The van der Waals surface area contributed by atoms with Gasteiger partial charge in [-0.05, 0) is 61.3 Å². The molecule has 1 fully saturated rings. The number of nitrogens with zero attached hydrogens (tertiary/aromatic N) is 1. The summed E-state index contributed by atoms with van der Waals surface area (Å²) >= 11 is 6.00. The quantitative estimate of drug-likeness (QED) is 0.648. The number of amides is 2. The summed E-state index contributed by atoms with van der Waals surface area (Å²) in [6, 6.07) is 15.8. The van der Waals surface area contributed by atoms with Crippen molar-refractivity contribution in [3.05, 3.63) is 70.2 Å². The van der Waals surface area contributed by atoms with Crippen LogP contribution in [0.5, 0.6) is 0 Å². The van der Waals surface area contributed by atoms with Gasteiger partial charge in [0, 0.05) is 24.5 Å². The van der Waals surface area contributed by atoms with E-state index >= 15 is 0 Å². The summed E-state index contributed by atoms with van der Waals surface area (Å²) in [6.07, 6.45) is 2.93. The first-order valence-corrected chi connectivity index (χ1v) is 11.6. The van der Waals surface area contributed by atoms with Crippen molar-refractivity contribution in [2.45, 2.75) is 58.4 Å². The molecule has 1 aliphatic rings. The predicted molar refractivity (Wildman–Crippen MR) is 126 cm³/mol. The molecule has 3 rings (SSSR count). The summed E-state index contributed by atoms with van der Waals surface area (Å²) in [5.41, 5.74) is 3.62. The Morgan fingerprint density at radius 3 is 2.23 bits per heavy atom. The van der Waals surface area contributed by atoms with Gasteiger partial charge in [-0.15, -0.1) is 0 Å². The predicted octanol–water partition coefficient (Wildman–Crippen LogP) is 5.13. The molecule has 2 aromatic rings. The van der Waals surface area contributed by atoms with Gasteiger partial charge in [-0.2, -0.15) is 0 Å². The summed E-state index contributed by atoms with van der Waals surface area (Å²) in [7, 11) is 0. The maximum absolute atomic E-state index is 13.2. The minimum atomic E-state index is -0.474. The van der Waals surface area contributed by atoms with Crippen LogP contribution in [0.4, 0.5) is 0 Å². The second kappa shape index (κ2) is 10.8. The largest absolute Gasteiger partial charge is 0.344 e. The molecule has 1 saturated heterocycles. The maximum Gasteiger partial charge on any atom is 0.245 e. The Hall–Kier alpha value is -2.33. The first-order valence-electron chi connectivity index (χ1n) is 11.2. The van der Waals surface area contributed by atoms with E-state index in [0.717, 1.165) is 23.4 Å². The molecule has 0 aromatic heterocycles. The Labute approximate surface area is 191 Å². The summed E-state index contributed by atoms with van der Waals surface area (Å²) < 4.78 is 0. The Bertz CT molecular complexity index is 869. The van der Waals surface area contributed by atoms with Crippen LogP contribution in [0.25, 0.3) is 0 Å². The SMILES string of the molecule is Cc1ccc(CCC(=O)N[C@@H](C(=O)N2CCC(c3ccc(Cl)cc3)CC2)C(C)C)cc1. The van der Waals surface area contributed by atoms with Gasteiger partial charge in [-0.1, -0.05) is 67.4 Å². The molecule has 1 atom stereocenters. The van der Waals surface area contributed by atoms with Crippen LogP contribution in [0.1, 0.15) is 55.7 Å². The Balaban J connectivity index is 1.52. The fourth-order valence-electron chi connectivity index (χ4n) is 4.14. The highest BCUT2D eigenvalue weighted by atomic mass is 35.5. The molecule has 166 valence electrons. The van der Waals surface area contributed by atoms with E-state index in [4.69, 9.17) is 11.6 Å². The fourth-order valence-corrected chi connectivity index (χ4v) is 4.26. The molecule has 0 radical (unpaired) electrons. The molecule has 0 saturated carbocycles. The third-order valence-electron chi connectivity index (χ3n) is 6.16. The highest BCUT2D eigenvalue weighted by molar-refractivity contribution is 6.30. The number of halogens is 1. The summed E-state index contributed by atoms with van der Waals surface area (Å²) in [5, 5.41) is 3.74. The minimum Gasteiger partial charge on any atom is -0.344 e. The van der Waals surface area contributed by atoms with Gasteiger partial charge in [0.2, 0.25) is 11.8 Å². The van der Waals surface area contributed by atoms with Crippen molar-refractivity contribution in [1.29, 1.82) is 0 Å². The van der Waals surface area contributed by atoms with Crippen LogP contribution in [-0.2, 0) is 16.0 Å². The number of rotatable bonds is 7. The van der Waals surface area contributed by atoms with Gasteiger partial charge in [0.05, 0.1) is 0 Å².